The number of ether oxygens (including phenoxy) is 3. The van der Waals surface area contributed by atoms with Gasteiger partial charge < -0.3 is 19.1 Å². The summed E-state index contributed by atoms with van der Waals surface area (Å²) in [5.74, 6) is 0. The highest BCUT2D eigenvalue weighted by molar-refractivity contribution is 5.46. The maximum absolute atomic E-state index is 16.7. The van der Waals surface area contributed by atoms with Crippen molar-refractivity contribution in [3.63, 3.8) is 0 Å². The molecule has 2 heterocycles. The predicted molar refractivity (Wildman–Crippen MR) is 178 cm³/mol. The van der Waals surface area contributed by atoms with Crippen LogP contribution < -0.4 is 4.90 Å². The van der Waals surface area contributed by atoms with Gasteiger partial charge in [-0.25, -0.2) is 4.39 Å². The molecule has 6 heteroatoms. The van der Waals surface area contributed by atoms with Gasteiger partial charge >= 0.3 is 0 Å². The van der Waals surface area contributed by atoms with E-state index >= 15 is 4.39 Å². The molecule has 2 aliphatic heterocycles. The lowest BCUT2D eigenvalue weighted by atomic mass is 9.88. The second-order valence-electron chi connectivity index (χ2n) is 12.5. The Bertz CT molecular complexity index is 1420. The van der Waals surface area contributed by atoms with Crippen molar-refractivity contribution in [2.75, 3.05) is 31.1 Å². The van der Waals surface area contributed by atoms with Crippen LogP contribution in [0.25, 0.3) is 0 Å². The van der Waals surface area contributed by atoms with Gasteiger partial charge in [0.25, 0.3) is 0 Å². The molecule has 236 valence electrons. The topological polar surface area (TPSA) is 34.2 Å². The quantitative estimate of drug-likeness (QED) is 0.167. The largest absolute Gasteiger partial charge is 0.371 e. The fourth-order valence-corrected chi connectivity index (χ4v) is 6.62. The van der Waals surface area contributed by atoms with E-state index in [1.54, 1.807) is 0 Å². The summed E-state index contributed by atoms with van der Waals surface area (Å²) in [7, 11) is 0. The molecule has 2 saturated heterocycles. The van der Waals surface area contributed by atoms with Crippen molar-refractivity contribution in [2.24, 2.45) is 0 Å². The minimum absolute atomic E-state index is 0.0640. The van der Waals surface area contributed by atoms with Crippen LogP contribution in [-0.4, -0.2) is 61.1 Å². The first-order valence-corrected chi connectivity index (χ1v) is 16.3. The molecule has 45 heavy (non-hydrogen) atoms. The molecule has 2 aliphatic rings. The summed E-state index contributed by atoms with van der Waals surface area (Å²) in [5, 5.41) is 0. The number of halogens is 1. The second kappa shape index (κ2) is 15.2. The van der Waals surface area contributed by atoms with Gasteiger partial charge in [0.05, 0.1) is 25.9 Å². The fourth-order valence-electron chi connectivity index (χ4n) is 6.62. The summed E-state index contributed by atoms with van der Waals surface area (Å²) in [6.45, 7) is 5.85. The molecule has 0 spiro atoms. The molecule has 0 N–H and O–H groups in total. The lowest BCUT2D eigenvalue weighted by Crippen LogP contribution is -2.64. The molecule has 0 bridgehead atoms. The molecule has 6 rings (SSSR count). The normalized spacial score (nSPS) is 23.6. The smallest absolute Gasteiger partial charge is 0.127 e. The highest BCUT2D eigenvalue weighted by atomic mass is 19.1. The van der Waals surface area contributed by atoms with Crippen LogP contribution in [0.15, 0.2) is 121 Å². The molecule has 0 saturated carbocycles. The summed E-state index contributed by atoms with van der Waals surface area (Å²) >= 11 is 0. The second-order valence-corrected chi connectivity index (χ2v) is 12.5. The van der Waals surface area contributed by atoms with Crippen LogP contribution in [-0.2, 0) is 34.0 Å². The number of nitrogens with zero attached hydrogens (tertiary/aromatic N) is 2. The highest BCUT2D eigenvalue weighted by Gasteiger charge is 2.47. The Morgan fingerprint density at radius 2 is 1.07 bits per heavy atom. The van der Waals surface area contributed by atoms with Crippen LogP contribution in [0.1, 0.15) is 36.5 Å². The maximum atomic E-state index is 16.7. The van der Waals surface area contributed by atoms with Crippen LogP contribution in [0, 0.1) is 0 Å². The molecular formula is C39H45FN2O3. The third-order valence-corrected chi connectivity index (χ3v) is 9.30. The molecule has 5 nitrogen and oxygen atoms in total. The summed E-state index contributed by atoms with van der Waals surface area (Å²) in [5.41, 5.74) is 3.17. The first-order valence-electron chi connectivity index (χ1n) is 16.3. The van der Waals surface area contributed by atoms with Crippen LogP contribution in [0.2, 0.25) is 0 Å². The highest BCUT2D eigenvalue weighted by Crippen LogP contribution is 2.35. The van der Waals surface area contributed by atoms with Crippen LogP contribution in [0.4, 0.5) is 10.1 Å². The lowest BCUT2D eigenvalue weighted by molar-refractivity contribution is -0.204. The van der Waals surface area contributed by atoms with Gasteiger partial charge in [0.1, 0.15) is 17.9 Å². The number of benzene rings is 4. The third-order valence-electron chi connectivity index (χ3n) is 9.30. The van der Waals surface area contributed by atoms with Crippen molar-refractivity contribution in [1.29, 1.82) is 0 Å². The standard InChI is InChI=1S/C39H45FN2O3/c1-31-37(44-28-33-16-8-3-9-17-33)38(45-29-34-18-10-4-11-19-34)36(43-27-32-14-6-2-7-15-32)26-42(31)30-39(40)22-24-41(25-23-39)35-20-12-5-13-21-35/h2-21,31,36-38H,22-30H2,1H3/t31-,36+,37-,38-/m1/s1. The van der Waals surface area contributed by atoms with E-state index in [2.05, 4.69) is 65.3 Å². The number of hydrogen-bond acceptors (Lipinski definition) is 5. The molecular weight excluding hydrogens is 563 g/mol. The third kappa shape index (κ3) is 8.39. The van der Waals surface area contributed by atoms with Gasteiger partial charge in [-0.05, 0) is 35.7 Å². The Balaban J connectivity index is 1.21. The minimum Gasteiger partial charge on any atom is -0.371 e. The number of anilines is 1. The monoisotopic (exact) mass is 608 g/mol. The Morgan fingerprint density at radius 1 is 0.622 bits per heavy atom. The summed E-state index contributed by atoms with van der Waals surface area (Å²) in [4.78, 5) is 4.55. The van der Waals surface area contributed by atoms with Gasteiger partial charge in [-0.2, -0.15) is 0 Å². The van der Waals surface area contributed by atoms with Gasteiger partial charge in [0.15, 0.2) is 0 Å². The molecule has 0 aliphatic carbocycles. The Morgan fingerprint density at radius 3 is 1.58 bits per heavy atom. The van der Waals surface area contributed by atoms with Crippen molar-refractivity contribution in [1.82, 2.24) is 4.90 Å². The Labute approximate surface area is 267 Å². The average molecular weight is 609 g/mol. The average Bonchev–Trinajstić information content (AvgIpc) is 3.09. The Kier molecular flexibility index (Phi) is 10.6. The minimum atomic E-state index is -1.29. The van der Waals surface area contributed by atoms with Gasteiger partial charge in [0.2, 0.25) is 0 Å². The molecule has 4 aromatic rings. The van der Waals surface area contributed by atoms with E-state index in [0.29, 0.717) is 58.8 Å². The van der Waals surface area contributed by atoms with Crippen molar-refractivity contribution >= 4 is 5.69 Å². The number of alkyl halides is 1. The van der Waals surface area contributed by atoms with Crippen molar-refractivity contribution in [3.05, 3.63) is 138 Å². The number of para-hydroxylation sites is 1. The maximum Gasteiger partial charge on any atom is 0.127 e. The van der Waals surface area contributed by atoms with E-state index in [1.807, 2.05) is 72.8 Å². The summed E-state index contributed by atoms with van der Waals surface area (Å²) in [6, 6.07) is 40.9. The number of hydrogen-bond donors (Lipinski definition) is 0. The summed E-state index contributed by atoms with van der Waals surface area (Å²) in [6.07, 6.45) is 0.0589. The van der Waals surface area contributed by atoms with E-state index in [9.17, 15) is 0 Å². The van der Waals surface area contributed by atoms with Crippen LogP contribution >= 0.6 is 0 Å². The van der Waals surface area contributed by atoms with Crippen LogP contribution in [0.3, 0.4) is 0 Å². The zero-order chi connectivity index (χ0) is 30.9. The van der Waals surface area contributed by atoms with E-state index in [1.165, 1.54) is 0 Å². The van der Waals surface area contributed by atoms with Gasteiger partial charge in [-0.1, -0.05) is 109 Å². The molecule has 4 atom stereocenters. The first-order chi connectivity index (χ1) is 22.1. The van der Waals surface area contributed by atoms with Crippen LogP contribution in [0.5, 0.6) is 0 Å². The van der Waals surface area contributed by atoms with Crippen molar-refractivity contribution in [3.8, 4) is 0 Å². The SMILES string of the molecule is C[C@@H]1[C@@H](OCc2ccccc2)[C@H](OCc2ccccc2)[C@@H](OCc2ccccc2)CN1CC1(F)CCN(c2ccccc2)CC1. The molecule has 4 aromatic carbocycles. The molecule has 0 unspecified atom stereocenters. The fraction of sp³-hybridized carbons (Fsp3) is 0.385. The van der Waals surface area contributed by atoms with Gasteiger partial charge in [0, 0.05) is 50.7 Å². The zero-order valence-electron chi connectivity index (χ0n) is 26.2. The predicted octanol–water partition coefficient (Wildman–Crippen LogP) is 7.46. The number of likely N-dealkylation sites (tertiary alicyclic amines) is 1. The lowest BCUT2D eigenvalue weighted by Gasteiger charge is -2.50. The van der Waals surface area contributed by atoms with E-state index in [0.717, 1.165) is 22.4 Å². The number of rotatable bonds is 12. The summed E-state index contributed by atoms with van der Waals surface area (Å²) < 4.78 is 36.7. The number of piperidine rings is 2. The first kappa shape index (κ1) is 31.4. The molecule has 0 radical (unpaired) electrons. The van der Waals surface area contributed by atoms with E-state index in [-0.39, 0.29) is 24.4 Å². The van der Waals surface area contributed by atoms with Gasteiger partial charge in [-0.3, -0.25) is 4.90 Å². The Hall–Kier alpha value is -3.55. The molecule has 2 fully saturated rings. The van der Waals surface area contributed by atoms with E-state index < -0.39 is 5.67 Å². The van der Waals surface area contributed by atoms with E-state index in [4.69, 9.17) is 14.2 Å². The van der Waals surface area contributed by atoms with Crippen molar-refractivity contribution < 1.29 is 18.6 Å². The molecule has 0 aromatic heterocycles. The zero-order valence-corrected chi connectivity index (χ0v) is 26.2. The van der Waals surface area contributed by atoms with Crippen molar-refractivity contribution in [2.45, 2.75) is 69.6 Å². The van der Waals surface area contributed by atoms with Gasteiger partial charge in [-0.15, -0.1) is 0 Å². The molecule has 0 amide bonds.